The van der Waals surface area contributed by atoms with Gasteiger partial charge in [-0.1, -0.05) is 0 Å². The molecule has 0 aliphatic carbocycles. The first-order valence-corrected chi connectivity index (χ1v) is 7.90. The molecule has 1 aliphatic rings. The SMILES string of the molecule is O=C(O)Cc1csc(N2C(=O)CC(Nc3ccc(O)cc3)C2=O)n1. The Labute approximate surface area is 140 Å². The maximum atomic E-state index is 12.5. The second kappa shape index (κ2) is 6.28. The highest BCUT2D eigenvalue weighted by molar-refractivity contribution is 7.14. The number of thiazole rings is 1. The van der Waals surface area contributed by atoms with Crippen molar-refractivity contribution >= 4 is 39.9 Å². The molecule has 0 bridgehead atoms. The maximum absolute atomic E-state index is 12.5. The smallest absolute Gasteiger partial charge is 0.309 e. The molecule has 2 heterocycles. The largest absolute Gasteiger partial charge is 0.508 e. The summed E-state index contributed by atoms with van der Waals surface area (Å²) in [5.41, 5.74) is 0.907. The third-order valence-corrected chi connectivity index (χ3v) is 4.29. The zero-order valence-electron chi connectivity index (χ0n) is 12.3. The van der Waals surface area contributed by atoms with E-state index in [1.165, 1.54) is 17.5 Å². The van der Waals surface area contributed by atoms with Crippen LogP contribution in [0.4, 0.5) is 10.8 Å². The number of aromatic hydroxyl groups is 1. The minimum absolute atomic E-state index is 0.0203. The molecule has 2 amide bonds. The van der Waals surface area contributed by atoms with Crippen LogP contribution in [0.2, 0.25) is 0 Å². The fraction of sp³-hybridized carbons (Fsp3) is 0.200. The lowest BCUT2D eigenvalue weighted by molar-refractivity contribution is -0.136. The van der Waals surface area contributed by atoms with Crippen LogP contribution >= 0.6 is 11.3 Å². The van der Waals surface area contributed by atoms with E-state index < -0.39 is 23.8 Å². The third kappa shape index (κ3) is 3.20. The van der Waals surface area contributed by atoms with Gasteiger partial charge in [0.15, 0.2) is 5.13 Å². The van der Waals surface area contributed by atoms with Crippen molar-refractivity contribution in [3.05, 3.63) is 35.3 Å². The van der Waals surface area contributed by atoms with Crippen LogP contribution in [0.15, 0.2) is 29.6 Å². The number of nitrogens with one attached hydrogen (secondary N) is 1. The second-order valence-electron chi connectivity index (χ2n) is 5.21. The number of anilines is 2. The zero-order chi connectivity index (χ0) is 17.3. The summed E-state index contributed by atoms with van der Waals surface area (Å²) in [7, 11) is 0. The number of hydrogen-bond acceptors (Lipinski definition) is 7. The third-order valence-electron chi connectivity index (χ3n) is 3.42. The lowest BCUT2D eigenvalue weighted by atomic mass is 10.2. The van der Waals surface area contributed by atoms with Gasteiger partial charge in [-0.15, -0.1) is 11.3 Å². The van der Waals surface area contributed by atoms with E-state index in [1.54, 1.807) is 12.1 Å². The van der Waals surface area contributed by atoms with E-state index in [4.69, 9.17) is 5.11 Å². The number of aromatic nitrogens is 1. The van der Waals surface area contributed by atoms with Crippen LogP contribution in [0.5, 0.6) is 5.75 Å². The molecule has 1 aromatic heterocycles. The molecule has 0 saturated carbocycles. The molecule has 1 aliphatic heterocycles. The van der Waals surface area contributed by atoms with Gasteiger partial charge in [-0.25, -0.2) is 9.88 Å². The Morgan fingerprint density at radius 2 is 2.04 bits per heavy atom. The van der Waals surface area contributed by atoms with Crippen molar-refractivity contribution in [2.24, 2.45) is 0 Å². The van der Waals surface area contributed by atoms with Crippen molar-refractivity contribution in [2.75, 3.05) is 10.2 Å². The molecule has 0 radical (unpaired) electrons. The Bertz CT molecular complexity index is 802. The fourth-order valence-corrected chi connectivity index (χ4v) is 3.18. The van der Waals surface area contributed by atoms with Gasteiger partial charge >= 0.3 is 5.97 Å². The molecule has 2 aromatic rings. The first-order chi connectivity index (χ1) is 11.4. The van der Waals surface area contributed by atoms with Gasteiger partial charge in [-0.3, -0.25) is 14.4 Å². The summed E-state index contributed by atoms with van der Waals surface area (Å²) in [5, 5.41) is 22.7. The van der Waals surface area contributed by atoms with Gasteiger partial charge in [0.1, 0.15) is 11.8 Å². The van der Waals surface area contributed by atoms with Crippen LogP contribution < -0.4 is 10.2 Å². The second-order valence-corrected chi connectivity index (χ2v) is 6.04. The summed E-state index contributed by atoms with van der Waals surface area (Å²) >= 11 is 1.06. The number of carboxylic acids is 1. The molecular formula is C15H13N3O5S. The summed E-state index contributed by atoms with van der Waals surface area (Å²) in [4.78, 5) is 40.3. The van der Waals surface area contributed by atoms with E-state index in [1.807, 2.05) is 0 Å². The van der Waals surface area contributed by atoms with Gasteiger partial charge in [-0.2, -0.15) is 0 Å². The number of benzene rings is 1. The summed E-state index contributed by atoms with van der Waals surface area (Å²) in [6.45, 7) is 0. The number of aliphatic carboxylic acids is 1. The first-order valence-electron chi connectivity index (χ1n) is 7.02. The van der Waals surface area contributed by atoms with Crippen molar-refractivity contribution in [3.63, 3.8) is 0 Å². The summed E-state index contributed by atoms with van der Waals surface area (Å²) in [5.74, 6) is -1.76. The molecule has 3 N–H and O–H groups in total. The summed E-state index contributed by atoms with van der Waals surface area (Å²) < 4.78 is 0. The number of carbonyl (C=O) groups is 3. The van der Waals surface area contributed by atoms with Crippen LogP contribution in [0.3, 0.4) is 0 Å². The zero-order valence-corrected chi connectivity index (χ0v) is 13.1. The first kappa shape index (κ1) is 15.9. The van der Waals surface area contributed by atoms with Gasteiger partial charge in [0.05, 0.1) is 18.5 Å². The number of nitrogens with zero attached hydrogens (tertiary/aromatic N) is 2. The van der Waals surface area contributed by atoms with Crippen molar-refractivity contribution in [3.8, 4) is 5.75 Å². The van der Waals surface area contributed by atoms with Crippen LogP contribution in [-0.2, 0) is 20.8 Å². The molecule has 8 nitrogen and oxygen atoms in total. The van der Waals surface area contributed by atoms with E-state index >= 15 is 0 Å². The predicted molar refractivity (Wildman–Crippen MR) is 86.1 cm³/mol. The van der Waals surface area contributed by atoms with Gasteiger partial charge in [0.25, 0.3) is 5.91 Å². The molecule has 1 aromatic carbocycles. The summed E-state index contributed by atoms with van der Waals surface area (Å²) in [6, 6.07) is 5.42. The molecular weight excluding hydrogens is 334 g/mol. The Hall–Kier alpha value is -2.94. The van der Waals surface area contributed by atoms with Gasteiger partial charge in [-0.05, 0) is 24.3 Å². The molecule has 1 atom stereocenters. The van der Waals surface area contributed by atoms with Crippen molar-refractivity contribution < 1.29 is 24.6 Å². The Kier molecular flexibility index (Phi) is 4.17. The quantitative estimate of drug-likeness (QED) is 0.549. The Morgan fingerprint density at radius 1 is 1.33 bits per heavy atom. The summed E-state index contributed by atoms with van der Waals surface area (Å²) in [6.07, 6.45) is -0.282. The van der Waals surface area contributed by atoms with E-state index in [9.17, 15) is 19.5 Å². The standard InChI is InChI=1S/C15H13N3O5S/c19-10-3-1-8(2-4-10)16-11-6-12(20)18(14(11)23)15-17-9(7-24-15)5-13(21)22/h1-4,7,11,16,19H,5-6H2,(H,21,22). The molecule has 9 heteroatoms. The van der Waals surface area contributed by atoms with Gasteiger partial charge in [0.2, 0.25) is 5.91 Å². The van der Waals surface area contributed by atoms with E-state index in [2.05, 4.69) is 10.3 Å². The fourth-order valence-electron chi connectivity index (χ4n) is 2.34. The lowest BCUT2D eigenvalue weighted by Crippen LogP contribution is -2.34. The number of phenolic OH excluding ortho intramolecular Hbond substituents is 1. The molecule has 1 saturated heterocycles. The highest BCUT2D eigenvalue weighted by Crippen LogP contribution is 2.28. The predicted octanol–water partition coefficient (Wildman–Crippen LogP) is 1.22. The lowest BCUT2D eigenvalue weighted by Gasteiger charge is -2.13. The van der Waals surface area contributed by atoms with E-state index in [0.717, 1.165) is 16.2 Å². The number of hydrogen-bond donors (Lipinski definition) is 3. The van der Waals surface area contributed by atoms with Crippen molar-refractivity contribution in [1.29, 1.82) is 0 Å². The van der Waals surface area contributed by atoms with Crippen LogP contribution in [0, 0.1) is 0 Å². The van der Waals surface area contributed by atoms with Crippen LogP contribution in [-0.4, -0.2) is 39.0 Å². The van der Waals surface area contributed by atoms with Crippen LogP contribution in [0.1, 0.15) is 12.1 Å². The number of carbonyl (C=O) groups excluding carboxylic acids is 2. The average Bonchev–Trinajstić information content (AvgIpc) is 3.06. The number of phenols is 1. The normalized spacial score (nSPS) is 17.3. The highest BCUT2D eigenvalue weighted by atomic mass is 32.1. The Morgan fingerprint density at radius 3 is 2.71 bits per heavy atom. The van der Waals surface area contributed by atoms with Crippen LogP contribution in [0.25, 0.3) is 0 Å². The molecule has 124 valence electrons. The Balaban J connectivity index is 1.75. The number of rotatable bonds is 5. The van der Waals surface area contributed by atoms with Gasteiger partial charge < -0.3 is 15.5 Å². The molecule has 0 spiro atoms. The molecule has 1 fully saturated rings. The van der Waals surface area contributed by atoms with E-state index in [-0.39, 0.29) is 23.7 Å². The number of imide groups is 1. The molecule has 24 heavy (non-hydrogen) atoms. The van der Waals surface area contributed by atoms with Gasteiger partial charge in [0, 0.05) is 11.1 Å². The topological polar surface area (TPSA) is 120 Å². The monoisotopic (exact) mass is 347 g/mol. The maximum Gasteiger partial charge on any atom is 0.309 e. The number of carboxylic acid groups (broad SMARTS) is 1. The van der Waals surface area contributed by atoms with E-state index in [0.29, 0.717) is 11.4 Å². The molecule has 3 rings (SSSR count). The minimum atomic E-state index is -1.03. The van der Waals surface area contributed by atoms with Crippen molar-refractivity contribution in [1.82, 2.24) is 4.98 Å². The molecule has 1 unspecified atom stereocenters. The minimum Gasteiger partial charge on any atom is -0.508 e. The highest BCUT2D eigenvalue weighted by Gasteiger charge is 2.41. The average molecular weight is 347 g/mol. The number of amides is 2. The van der Waals surface area contributed by atoms with Crippen molar-refractivity contribution in [2.45, 2.75) is 18.9 Å².